The molecule has 7 heteroatoms. The van der Waals surface area contributed by atoms with E-state index >= 15 is 0 Å². The van der Waals surface area contributed by atoms with Crippen molar-refractivity contribution in [3.8, 4) is 0 Å². The Hall–Kier alpha value is -2.57. The monoisotopic (exact) mass is 280 g/mol. The van der Waals surface area contributed by atoms with E-state index in [0.717, 1.165) is 0 Å². The number of carboxylic acid groups (broad SMARTS) is 1. The molecule has 1 aromatic carbocycles. The van der Waals surface area contributed by atoms with Crippen LogP contribution >= 0.6 is 0 Å². The number of benzene rings is 1. The van der Waals surface area contributed by atoms with Crippen molar-refractivity contribution in [3.63, 3.8) is 0 Å². The van der Waals surface area contributed by atoms with Gasteiger partial charge in [-0.25, -0.2) is 9.59 Å². The number of aromatic carboxylic acids is 1. The van der Waals surface area contributed by atoms with Crippen molar-refractivity contribution >= 4 is 18.0 Å². The van der Waals surface area contributed by atoms with Gasteiger partial charge in [-0.05, 0) is 17.7 Å². The van der Waals surface area contributed by atoms with Gasteiger partial charge in [0.2, 0.25) is 0 Å². The second kappa shape index (κ2) is 7.13. The first kappa shape index (κ1) is 15.5. The van der Waals surface area contributed by atoms with Gasteiger partial charge in [-0.15, -0.1) is 0 Å². The molecule has 0 radical (unpaired) electrons. The quantitative estimate of drug-likeness (QED) is 0.684. The molecule has 0 aliphatic carbocycles. The van der Waals surface area contributed by atoms with Gasteiger partial charge in [0, 0.05) is 13.6 Å². The molecule has 0 fully saturated rings. The van der Waals surface area contributed by atoms with E-state index in [2.05, 4.69) is 15.4 Å². The fourth-order valence-electron chi connectivity index (χ4n) is 1.62. The topological polar surface area (TPSA) is 105 Å². The van der Waals surface area contributed by atoms with Crippen molar-refractivity contribution in [2.45, 2.75) is 5.92 Å². The number of methoxy groups -OCH3 is 1. The van der Waals surface area contributed by atoms with Crippen LogP contribution in [-0.4, -0.2) is 43.8 Å². The van der Waals surface area contributed by atoms with Crippen LogP contribution in [0.1, 0.15) is 21.8 Å². The van der Waals surface area contributed by atoms with E-state index in [4.69, 9.17) is 5.11 Å². The second-order valence-electron chi connectivity index (χ2n) is 3.96. The molecule has 1 atom stereocenters. The fourth-order valence-corrected chi connectivity index (χ4v) is 1.62. The van der Waals surface area contributed by atoms with Gasteiger partial charge in [0.05, 0.1) is 18.6 Å². The largest absolute Gasteiger partial charge is 0.478 e. The Morgan fingerprint density at radius 3 is 2.30 bits per heavy atom. The van der Waals surface area contributed by atoms with E-state index in [1.165, 1.54) is 38.4 Å². The van der Waals surface area contributed by atoms with Crippen molar-refractivity contribution in [3.05, 3.63) is 35.4 Å². The second-order valence-corrected chi connectivity index (χ2v) is 3.96. The van der Waals surface area contributed by atoms with Crippen molar-refractivity contribution in [2.75, 3.05) is 20.7 Å². The first-order chi connectivity index (χ1) is 9.49. The van der Waals surface area contributed by atoms with Crippen LogP contribution in [0.15, 0.2) is 24.3 Å². The summed E-state index contributed by atoms with van der Waals surface area (Å²) in [5.41, 5.74) is 0.690. The molecule has 0 aliphatic rings. The number of carbonyl (C=O) groups excluding carboxylic acids is 2. The number of rotatable bonds is 5. The number of nitrogens with one attached hydrogen (secondary N) is 2. The maximum Gasteiger partial charge on any atom is 0.335 e. The summed E-state index contributed by atoms with van der Waals surface area (Å²) < 4.78 is 4.68. The summed E-state index contributed by atoms with van der Waals surface area (Å²) in [6, 6.07) is 5.43. The third kappa shape index (κ3) is 3.98. The highest BCUT2D eigenvalue weighted by Crippen LogP contribution is 2.17. The summed E-state index contributed by atoms with van der Waals surface area (Å²) >= 11 is 0. The molecular weight excluding hydrogens is 264 g/mol. The molecule has 1 rings (SSSR count). The molecule has 0 aliphatic heterocycles. The Morgan fingerprint density at radius 2 is 1.85 bits per heavy atom. The molecule has 20 heavy (non-hydrogen) atoms. The number of amides is 2. The smallest absolute Gasteiger partial charge is 0.335 e. The van der Waals surface area contributed by atoms with E-state index < -0.39 is 23.9 Å². The molecule has 2 amide bonds. The molecule has 7 nitrogen and oxygen atoms in total. The lowest BCUT2D eigenvalue weighted by molar-refractivity contribution is -0.142. The van der Waals surface area contributed by atoms with E-state index in [1.807, 2.05) is 0 Å². The summed E-state index contributed by atoms with van der Waals surface area (Å²) in [6.45, 7) is 0.0543. The molecule has 0 saturated carbocycles. The number of urea groups is 1. The van der Waals surface area contributed by atoms with Crippen molar-refractivity contribution in [1.82, 2.24) is 10.6 Å². The van der Waals surface area contributed by atoms with Crippen LogP contribution in [0.3, 0.4) is 0 Å². The predicted molar refractivity (Wildman–Crippen MR) is 70.6 cm³/mol. The van der Waals surface area contributed by atoms with Gasteiger partial charge in [0.15, 0.2) is 0 Å². The Labute approximate surface area is 115 Å². The van der Waals surface area contributed by atoms with Gasteiger partial charge in [-0.2, -0.15) is 0 Å². The average Bonchev–Trinajstić information content (AvgIpc) is 2.47. The van der Waals surface area contributed by atoms with E-state index in [0.29, 0.717) is 5.56 Å². The molecule has 3 N–H and O–H groups in total. The van der Waals surface area contributed by atoms with Crippen molar-refractivity contribution in [1.29, 1.82) is 0 Å². The highest BCUT2D eigenvalue weighted by Gasteiger charge is 2.22. The zero-order chi connectivity index (χ0) is 15.1. The Balaban J connectivity index is 2.89. The normalized spacial score (nSPS) is 11.3. The lowest BCUT2D eigenvalue weighted by Gasteiger charge is -2.16. The van der Waals surface area contributed by atoms with Crippen molar-refractivity contribution in [2.24, 2.45) is 0 Å². The summed E-state index contributed by atoms with van der Waals surface area (Å²) in [6.07, 6.45) is 0. The van der Waals surface area contributed by atoms with E-state index in [1.54, 1.807) is 0 Å². The minimum atomic E-state index is -1.05. The molecule has 0 saturated heterocycles. The lowest BCUT2D eigenvalue weighted by Crippen LogP contribution is -2.37. The maximum absolute atomic E-state index is 11.7. The summed E-state index contributed by atoms with van der Waals surface area (Å²) in [5, 5.41) is 13.7. The SMILES string of the molecule is CNC(=O)NCC(C(=O)OC)c1ccc(C(=O)O)cc1. The molecule has 0 aromatic heterocycles. The molecule has 0 bridgehead atoms. The highest BCUT2D eigenvalue weighted by atomic mass is 16.5. The number of ether oxygens (including phenoxy) is 1. The molecule has 0 spiro atoms. The van der Waals surface area contributed by atoms with Gasteiger partial charge < -0.3 is 20.5 Å². The fraction of sp³-hybridized carbons (Fsp3) is 0.308. The summed E-state index contributed by atoms with van der Waals surface area (Å²) in [7, 11) is 2.71. The Kier molecular flexibility index (Phi) is 5.52. The maximum atomic E-state index is 11.7. The third-order valence-electron chi connectivity index (χ3n) is 2.74. The Bertz CT molecular complexity index is 498. The minimum Gasteiger partial charge on any atom is -0.478 e. The number of hydrogen-bond donors (Lipinski definition) is 3. The number of carbonyl (C=O) groups is 3. The minimum absolute atomic E-state index is 0.0543. The molecule has 1 unspecified atom stereocenters. The Morgan fingerprint density at radius 1 is 1.25 bits per heavy atom. The zero-order valence-corrected chi connectivity index (χ0v) is 11.2. The van der Waals surface area contributed by atoms with Crippen LogP contribution in [0.25, 0.3) is 0 Å². The molecule has 1 aromatic rings. The average molecular weight is 280 g/mol. The van der Waals surface area contributed by atoms with E-state index in [-0.39, 0.29) is 12.1 Å². The lowest BCUT2D eigenvalue weighted by atomic mass is 9.98. The van der Waals surface area contributed by atoms with Crippen LogP contribution in [-0.2, 0) is 9.53 Å². The molecule has 108 valence electrons. The first-order valence-corrected chi connectivity index (χ1v) is 5.86. The van der Waals surface area contributed by atoms with Crippen LogP contribution in [0, 0.1) is 0 Å². The number of hydrogen-bond acceptors (Lipinski definition) is 4. The predicted octanol–water partition coefficient (Wildman–Crippen LogP) is 0.570. The van der Waals surface area contributed by atoms with Crippen LogP contribution in [0.2, 0.25) is 0 Å². The molecule has 0 heterocycles. The molecular formula is C13H16N2O5. The number of carboxylic acids is 1. The van der Waals surface area contributed by atoms with Gasteiger partial charge >= 0.3 is 18.0 Å². The summed E-state index contributed by atoms with van der Waals surface area (Å²) in [4.78, 5) is 33.6. The first-order valence-electron chi connectivity index (χ1n) is 5.86. The van der Waals surface area contributed by atoms with Crippen LogP contribution in [0.4, 0.5) is 4.79 Å². The van der Waals surface area contributed by atoms with Crippen LogP contribution < -0.4 is 10.6 Å². The third-order valence-corrected chi connectivity index (χ3v) is 2.74. The zero-order valence-electron chi connectivity index (χ0n) is 11.2. The summed E-state index contributed by atoms with van der Waals surface area (Å²) in [5.74, 6) is -2.25. The van der Waals surface area contributed by atoms with Crippen molar-refractivity contribution < 1.29 is 24.2 Å². The van der Waals surface area contributed by atoms with Gasteiger partial charge in [0.1, 0.15) is 0 Å². The standard InChI is InChI=1S/C13H16N2O5/c1-14-13(19)15-7-10(12(18)20-2)8-3-5-9(6-4-8)11(16)17/h3-6,10H,7H2,1-2H3,(H,16,17)(H2,14,15,19). The number of esters is 1. The van der Waals surface area contributed by atoms with Gasteiger partial charge in [0.25, 0.3) is 0 Å². The highest BCUT2D eigenvalue weighted by molar-refractivity contribution is 5.88. The van der Waals surface area contributed by atoms with Gasteiger partial charge in [-0.1, -0.05) is 12.1 Å². The van der Waals surface area contributed by atoms with Gasteiger partial charge in [-0.3, -0.25) is 4.79 Å². The van der Waals surface area contributed by atoms with E-state index in [9.17, 15) is 14.4 Å². The van der Waals surface area contributed by atoms with Crippen LogP contribution in [0.5, 0.6) is 0 Å².